The molecule has 7 rings (SSSR count). The number of amides is 3. The van der Waals surface area contributed by atoms with E-state index >= 15 is 0 Å². The van der Waals surface area contributed by atoms with Gasteiger partial charge in [-0.2, -0.15) is 0 Å². The Morgan fingerprint density at radius 2 is 1.89 bits per heavy atom. The van der Waals surface area contributed by atoms with Crippen LogP contribution in [0.25, 0.3) is 32.6 Å². The maximum Gasteiger partial charge on any atom is 0.234 e. The average molecular weight is 740 g/mol. The minimum atomic E-state index is -0.516. The summed E-state index contributed by atoms with van der Waals surface area (Å²) < 4.78 is 36.9. The summed E-state index contributed by atoms with van der Waals surface area (Å²) in [4.78, 5) is 45.4. The van der Waals surface area contributed by atoms with Crippen LogP contribution in [0.5, 0.6) is 17.2 Å². The number of rotatable bonds is 14. The third-order valence-electron chi connectivity index (χ3n) is 9.02. The largest absolute Gasteiger partial charge is 0.493 e. The number of hydrogen-bond acceptors (Lipinski definition) is 10. The third kappa shape index (κ3) is 7.95. The maximum absolute atomic E-state index is 13.6. The van der Waals surface area contributed by atoms with Gasteiger partial charge < -0.3 is 29.3 Å². The van der Waals surface area contributed by atoms with Crippen molar-refractivity contribution in [2.45, 2.75) is 38.0 Å². The Morgan fingerprint density at radius 3 is 2.72 bits per heavy atom. The molecule has 0 spiro atoms. The lowest BCUT2D eigenvalue weighted by Gasteiger charge is -2.20. The van der Waals surface area contributed by atoms with E-state index in [0.29, 0.717) is 84.1 Å². The number of halogens is 2. The number of nitrogens with one attached hydrogen (secondary N) is 3. The van der Waals surface area contributed by atoms with E-state index in [1.165, 1.54) is 18.5 Å². The molecule has 1 saturated heterocycles. The molecule has 12 nitrogen and oxygen atoms in total. The van der Waals surface area contributed by atoms with Gasteiger partial charge in [0.2, 0.25) is 17.7 Å². The van der Waals surface area contributed by atoms with Crippen LogP contribution >= 0.6 is 11.6 Å². The Kier molecular flexibility index (Phi) is 10.5. The lowest BCUT2D eigenvalue weighted by molar-refractivity contribution is -0.134. The van der Waals surface area contributed by atoms with E-state index < -0.39 is 11.7 Å². The van der Waals surface area contributed by atoms with Crippen LogP contribution in [0.3, 0.4) is 0 Å². The molecule has 0 aliphatic carbocycles. The zero-order valence-corrected chi connectivity index (χ0v) is 29.4. The third-order valence-corrected chi connectivity index (χ3v) is 9.31. The molecule has 1 aliphatic rings. The molecule has 2 aromatic heterocycles. The fourth-order valence-electron chi connectivity index (χ4n) is 6.37. The number of furan rings is 1. The van der Waals surface area contributed by atoms with Crippen molar-refractivity contribution in [1.82, 2.24) is 20.6 Å². The molecule has 3 amide bonds. The first-order valence-electron chi connectivity index (χ1n) is 17.1. The Labute approximate surface area is 308 Å². The number of benzene rings is 4. The van der Waals surface area contributed by atoms with Crippen molar-refractivity contribution in [2.24, 2.45) is 0 Å². The minimum Gasteiger partial charge on any atom is -0.493 e. The SMILES string of the molecule is COc1cc2ncnc(Nc3ccc(F)c(Cl)c3)c2cc1OCCCCC(=O)NCCOc1ccc2c(ccc3occ(C4CCC(=O)NC4=O)c32)c1. The smallest absolute Gasteiger partial charge is 0.234 e. The van der Waals surface area contributed by atoms with E-state index in [4.69, 9.17) is 30.2 Å². The predicted octanol–water partition coefficient (Wildman–Crippen LogP) is 7.34. The molecule has 4 aromatic carbocycles. The van der Waals surface area contributed by atoms with Crippen molar-refractivity contribution in [1.29, 1.82) is 0 Å². The standard InChI is InChI=1S/C39H35ClFN5O7/c1-50-33-19-31-27(38(44-21-43-31)45-23-6-10-30(41)29(40)17-23)18-34(33)52-14-3-2-4-35(47)42-13-15-51-24-7-8-25-22(16-24)5-11-32-37(25)28(20-53-32)26-9-12-36(48)46-39(26)49/h5-8,10-11,16-21,26H,2-4,9,12-15H2,1H3,(H,42,47)(H,43,44,45)(H,46,48,49). The van der Waals surface area contributed by atoms with E-state index in [2.05, 4.69) is 25.9 Å². The average Bonchev–Trinajstić information content (AvgIpc) is 3.59. The van der Waals surface area contributed by atoms with Gasteiger partial charge in [-0.1, -0.05) is 17.7 Å². The Balaban J connectivity index is 0.875. The predicted molar refractivity (Wildman–Crippen MR) is 197 cm³/mol. The van der Waals surface area contributed by atoms with Crippen molar-refractivity contribution in [3.05, 3.63) is 89.7 Å². The number of unbranched alkanes of at least 4 members (excludes halogenated alkanes) is 1. The van der Waals surface area contributed by atoms with Crippen molar-refractivity contribution in [3.63, 3.8) is 0 Å². The number of methoxy groups -OCH3 is 1. The summed E-state index contributed by atoms with van der Waals surface area (Å²) in [6.45, 7) is 0.974. The van der Waals surface area contributed by atoms with Crippen LogP contribution in [0.15, 0.2) is 77.7 Å². The highest BCUT2D eigenvalue weighted by Crippen LogP contribution is 2.38. The molecule has 0 bridgehead atoms. The fourth-order valence-corrected chi connectivity index (χ4v) is 6.55. The normalized spacial score (nSPS) is 14.4. The lowest BCUT2D eigenvalue weighted by atomic mass is 9.89. The Hall–Kier alpha value is -5.95. The number of hydrogen-bond donors (Lipinski definition) is 3. The first-order chi connectivity index (χ1) is 25.8. The lowest BCUT2D eigenvalue weighted by Crippen LogP contribution is -2.39. The highest BCUT2D eigenvalue weighted by atomic mass is 35.5. The van der Waals surface area contributed by atoms with Gasteiger partial charge >= 0.3 is 0 Å². The summed E-state index contributed by atoms with van der Waals surface area (Å²) >= 11 is 5.94. The molecule has 1 unspecified atom stereocenters. The van der Waals surface area contributed by atoms with Gasteiger partial charge in [0.1, 0.15) is 35.9 Å². The monoisotopic (exact) mass is 739 g/mol. The van der Waals surface area contributed by atoms with Gasteiger partial charge in [0, 0.05) is 40.9 Å². The van der Waals surface area contributed by atoms with Crippen LogP contribution in [0.2, 0.25) is 5.02 Å². The summed E-state index contributed by atoms with van der Waals surface area (Å²) in [5.74, 6) is 0.499. The molecule has 14 heteroatoms. The molecular weight excluding hydrogens is 705 g/mol. The van der Waals surface area contributed by atoms with E-state index in [-0.39, 0.29) is 35.8 Å². The Bertz CT molecular complexity index is 2350. The molecule has 272 valence electrons. The number of carbonyl (C=O) groups is 3. The summed E-state index contributed by atoms with van der Waals surface area (Å²) in [6.07, 6.45) is 5.30. The molecule has 3 N–H and O–H groups in total. The number of anilines is 2. The van der Waals surface area contributed by atoms with Gasteiger partial charge in [-0.15, -0.1) is 0 Å². The minimum absolute atomic E-state index is 0.00949. The highest BCUT2D eigenvalue weighted by molar-refractivity contribution is 6.31. The highest BCUT2D eigenvalue weighted by Gasteiger charge is 2.31. The van der Waals surface area contributed by atoms with Crippen LogP contribution in [0.1, 0.15) is 43.6 Å². The fraction of sp³-hybridized carbons (Fsp3) is 0.256. The molecule has 3 heterocycles. The summed E-state index contributed by atoms with van der Waals surface area (Å²) in [5.41, 5.74) is 2.62. The van der Waals surface area contributed by atoms with Crippen LogP contribution in [-0.4, -0.2) is 54.6 Å². The van der Waals surface area contributed by atoms with Crippen LogP contribution in [0.4, 0.5) is 15.9 Å². The van der Waals surface area contributed by atoms with E-state index in [9.17, 15) is 18.8 Å². The van der Waals surface area contributed by atoms with Crippen LogP contribution in [-0.2, 0) is 14.4 Å². The van der Waals surface area contributed by atoms with Crippen molar-refractivity contribution >= 4 is 73.5 Å². The number of fused-ring (bicyclic) bond motifs is 4. The van der Waals surface area contributed by atoms with Gasteiger partial charge in [0.05, 0.1) is 43.0 Å². The molecule has 1 atom stereocenters. The molecule has 0 radical (unpaired) electrons. The number of aromatic nitrogens is 2. The quantitative estimate of drug-likeness (QED) is 0.0764. The van der Waals surface area contributed by atoms with Crippen LogP contribution in [0, 0.1) is 5.82 Å². The van der Waals surface area contributed by atoms with Crippen LogP contribution < -0.4 is 30.2 Å². The number of imide groups is 1. The van der Waals surface area contributed by atoms with Gasteiger partial charge in [-0.05, 0) is 78.6 Å². The zero-order valence-electron chi connectivity index (χ0n) is 28.7. The second kappa shape index (κ2) is 15.7. The number of piperidine rings is 1. The zero-order chi connectivity index (χ0) is 36.9. The van der Waals surface area contributed by atoms with Crippen molar-refractivity contribution in [2.75, 3.05) is 32.2 Å². The van der Waals surface area contributed by atoms with E-state index in [0.717, 1.165) is 21.7 Å². The topological polar surface area (TPSA) is 154 Å². The molecular formula is C39H35ClFN5O7. The number of carbonyl (C=O) groups excluding carboxylic acids is 3. The molecule has 1 fully saturated rings. The van der Waals surface area contributed by atoms with E-state index in [1.54, 1.807) is 31.6 Å². The van der Waals surface area contributed by atoms with Gasteiger partial charge in [-0.3, -0.25) is 19.7 Å². The molecule has 6 aromatic rings. The summed E-state index contributed by atoms with van der Waals surface area (Å²) in [5, 5.41) is 11.8. The van der Waals surface area contributed by atoms with Crippen molar-refractivity contribution < 1.29 is 37.4 Å². The maximum atomic E-state index is 13.6. The number of nitrogens with zero attached hydrogens (tertiary/aromatic N) is 2. The van der Waals surface area contributed by atoms with Crippen molar-refractivity contribution in [3.8, 4) is 17.2 Å². The first kappa shape index (κ1) is 35.5. The summed E-state index contributed by atoms with van der Waals surface area (Å²) in [7, 11) is 1.54. The summed E-state index contributed by atoms with van der Waals surface area (Å²) in [6, 6.07) is 17.3. The van der Waals surface area contributed by atoms with E-state index in [1.807, 2.05) is 30.3 Å². The van der Waals surface area contributed by atoms with Gasteiger partial charge in [-0.25, -0.2) is 14.4 Å². The second-order valence-corrected chi connectivity index (χ2v) is 12.9. The first-order valence-corrected chi connectivity index (χ1v) is 17.5. The number of ether oxygens (including phenoxy) is 3. The molecule has 1 aliphatic heterocycles. The second-order valence-electron chi connectivity index (χ2n) is 12.5. The molecule has 53 heavy (non-hydrogen) atoms. The van der Waals surface area contributed by atoms with Gasteiger partial charge in [0.15, 0.2) is 11.5 Å². The Morgan fingerprint density at radius 1 is 1.00 bits per heavy atom. The molecule has 0 saturated carbocycles. The van der Waals surface area contributed by atoms with Gasteiger partial charge in [0.25, 0.3) is 0 Å².